The van der Waals surface area contributed by atoms with Crippen LogP contribution in [0.25, 0.3) is 0 Å². The van der Waals surface area contributed by atoms with Crippen molar-refractivity contribution in [3.63, 3.8) is 0 Å². The van der Waals surface area contributed by atoms with Gasteiger partial charge in [-0.3, -0.25) is 0 Å². The van der Waals surface area contributed by atoms with Gasteiger partial charge in [0, 0.05) is 0 Å². The first-order valence-electron chi connectivity index (χ1n) is 5.73. The van der Waals surface area contributed by atoms with Crippen molar-refractivity contribution < 1.29 is 9.47 Å². The molecular weight excluding hydrogens is 346 g/mol. The fourth-order valence-corrected chi connectivity index (χ4v) is 2.22. The number of nitrogens with two attached hydrogens (primary N) is 1. The van der Waals surface area contributed by atoms with Crippen molar-refractivity contribution >= 4 is 33.3 Å². The third-order valence-electron chi connectivity index (χ3n) is 2.57. The van der Waals surface area contributed by atoms with Crippen LogP contribution in [0.5, 0.6) is 11.5 Å². The molecule has 0 aliphatic carbocycles. The summed E-state index contributed by atoms with van der Waals surface area (Å²) in [4.78, 5) is 4.24. The van der Waals surface area contributed by atoms with E-state index in [9.17, 15) is 0 Å². The highest BCUT2D eigenvalue weighted by molar-refractivity contribution is 9.10. The van der Waals surface area contributed by atoms with Crippen molar-refractivity contribution in [2.45, 2.75) is 6.61 Å². The third-order valence-corrected chi connectivity index (χ3v) is 3.54. The highest BCUT2D eigenvalue weighted by Gasteiger charge is 2.11. The van der Waals surface area contributed by atoms with Crippen molar-refractivity contribution in [1.29, 1.82) is 0 Å². The van der Waals surface area contributed by atoms with E-state index < -0.39 is 0 Å². The molecule has 0 fully saturated rings. The van der Waals surface area contributed by atoms with E-state index in [1.807, 2.05) is 18.2 Å². The van der Waals surface area contributed by atoms with E-state index in [1.54, 1.807) is 19.2 Å². The molecule has 106 valence electrons. The number of ether oxygens (including phenoxy) is 2. The van der Waals surface area contributed by atoms with Crippen LogP contribution >= 0.6 is 27.5 Å². The molecule has 0 atom stereocenters. The van der Waals surface area contributed by atoms with Gasteiger partial charge in [-0.1, -0.05) is 17.7 Å². The van der Waals surface area contributed by atoms with Crippen molar-refractivity contribution in [3.8, 4) is 11.5 Å². The summed E-state index contributed by atoms with van der Waals surface area (Å²) in [6, 6.07) is 8.93. The topological polar surface area (TPSA) is 69.4 Å². The number of hydrogen-bond donors (Lipinski definition) is 2. The second kappa shape index (κ2) is 6.78. The molecule has 0 unspecified atom stereocenters. The number of pyridine rings is 1. The highest BCUT2D eigenvalue weighted by atomic mass is 79.9. The van der Waals surface area contributed by atoms with E-state index in [0.717, 1.165) is 4.47 Å². The Morgan fingerprint density at radius 3 is 2.85 bits per heavy atom. The Hall–Kier alpha value is -1.50. The summed E-state index contributed by atoms with van der Waals surface area (Å²) in [7, 11) is 1.58. The lowest BCUT2D eigenvalue weighted by Crippen LogP contribution is -2.10. The SMILES string of the molecule is COc1cccc(Br)c1OCc1nc(NN)ccc1Cl. The molecular formula is C13H13BrClN3O2. The van der Waals surface area contributed by atoms with Crippen LogP contribution in [0.4, 0.5) is 5.82 Å². The average Bonchev–Trinajstić information content (AvgIpc) is 2.47. The number of rotatable bonds is 5. The molecule has 0 amide bonds. The van der Waals surface area contributed by atoms with Crippen molar-refractivity contribution in [2.24, 2.45) is 5.84 Å². The maximum Gasteiger partial charge on any atom is 0.175 e. The monoisotopic (exact) mass is 357 g/mol. The molecule has 0 saturated heterocycles. The Labute approximate surface area is 130 Å². The van der Waals surface area contributed by atoms with Crippen LogP contribution in [0.3, 0.4) is 0 Å². The molecule has 0 spiro atoms. The van der Waals surface area contributed by atoms with Crippen LogP contribution in [0.2, 0.25) is 5.02 Å². The van der Waals surface area contributed by atoms with E-state index in [1.165, 1.54) is 0 Å². The van der Waals surface area contributed by atoms with Gasteiger partial charge in [0.2, 0.25) is 0 Å². The number of nitrogen functional groups attached to an aromatic ring is 1. The van der Waals surface area contributed by atoms with Crippen LogP contribution < -0.4 is 20.7 Å². The molecule has 0 aliphatic rings. The Bertz CT molecular complexity index is 610. The van der Waals surface area contributed by atoms with Gasteiger partial charge in [0.15, 0.2) is 11.5 Å². The molecule has 3 N–H and O–H groups in total. The van der Waals surface area contributed by atoms with Crippen LogP contribution in [0.1, 0.15) is 5.69 Å². The molecule has 0 radical (unpaired) electrons. The standard InChI is InChI=1S/C13H13BrClN3O2/c1-19-11-4-2-3-8(14)13(11)20-7-10-9(15)5-6-12(17-10)18-16/h2-6H,7,16H2,1H3,(H,17,18). The summed E-state index contributed by atoms with van der Waals surface area (Å²) in [5.41, 5.74) is 3.05. The minimum absolute atomic E-state index is 0.202. The number of nitrogens with one attached hydrogen (secondary N) is 1. The number of anilines is 1. The number of aromatic nitrogens is 1. The van der Waals surface area contributed by atoms with Gasteiger partial charge in [-0.2, -0.15) is 0 Å². The number of methoxy groups -OCH3 is 1. The van der Waals surface area contributed by atoms with Crippen LogP contribution in [-0.2, 0) is 6.61 Å². The average molecular weight is 359 g/mol. The van der Waals surface area contributed by atoms with Crippen LogP contribution in [-0.4, -0.2) is 12.1 Å². The lowest BCUT2D eigenvalue weighted by Gasteiger charge is -2.13. The predicted molar refractivity (Wildman–Crippen MR) is 82.1 cm³/mol. The first-order valence-corrected chi connectivity index (χ1v) is 6.90. The molecule has 5 nitrogen and oxygen atoms in total. The van der Waals surface area contributed by atoms with E-state index in [0.29, 0.717) is 28.0 Å². The molecule has 1 aromatic carbocycles. The zero-order valence-electron chi connectivity index (χ0n) is 10.7. The Morgan fingerprint density at radius 2 is 2.15 bits per heavy atom. The lowest BCUT2D eigenvalue weighted by molar-refractivity contribution is 0.279. The summed E-state index contributed by atoms with van der Waals surface area (Å²) in [6.45, 7) is 0.202. The number of halogens is 2. The molecule has 20 heavy (non-hydrogen) atoms. The smallest absolute Gasteiger partial charge is 0.175 e. The number of nitrogens with zero attached hydrogens (tertiary/aromatic N) is 1. The molecule has 0 saturated carbocycles. The van der Waals surface area contributed by atoms with Crippen molar-refractivity contribution in [1.82, 2.24) is 4.98 Å². The maximum absolute atomic E-state index is 6.08. The third kappa shape index (κ3) is 3.33. The second-order valence-corrected chi connectivity index (χ2v) is 5.09. The first kappa shape index (κ1) is 14.9. The molecule has 2 rings (SSSR count). The van der Waals surface area contributed by atoms with Crippen LogP contribution in [0.15, 0.2) is 34.8 Å². The normalized spacial score (nSPS) is 10.2. The molecule has 2 aromatic rings. The maximum atomic E-state index is 6.08. The van der Waals surface area contributed by atoms with Gasteiger partial charge >= 0.3 is 0 Å². The Kier molecular flexibility index (Phi) is 5.05. The summed E-state index contributed by atoms with van der Waals surface area (Å²) in [5, 5.41) is 0.509. The molecule has 7 heteroatoms. The fourth-order valence-electron chi connectivity index (χ4n) is 1.60. The van der Waals surface area contributed by atoms with E-state index in [-0.39, 0.29) is 6.61 Å². The van der Waals surface area contributed by atoms with Gasteiger partial charge in [0.1, 0.15) is 12.4 Å². The zero-order chi connectivity index (χ0) is 14.5. The summed E-state index contributed by atoms with van der Waals surface area (Å²) in [5.74, 6) is 7.07. The quantitative estimate of drug-likeness (QED) is 0.633. The Balaban J connectivity index is 2.21. The largest absolute Gasteiger partial charge is 0.493 e. The lowest BCUT2D eigenvalue weighted by atomic mass is 10.3. The highest BCUT2D eigenvalue weighted by Crippen LogP contribution is 2.35. The van der Waals surface area contributed by atoms with E-state index >= 15 is 0 Å². The second-order valence-electron chi connectivity index (χ2n) is 3.83. The predicted octanol–water partition coefficient (Wildman–Crippen LogP) is 3.37. The van der Waals surface area contributed by atoms with Gasteiger partial charge < -0.3 is 14.9 Å². The van der Waals surface area contributed by atoms with Crippen molar-refractivity contribution in [3.05, 3.63) is 45.5 Å². The van der Waals surface area contributed by atoms with Crippen LogP contribution in [0, 0.1) is 0 Å². The van der Waals surface area contributed by atoms with Gasteiger partial charge in [-0.15, -0.1) is 0 Å². The van der Waals surface area contributed by atoms with Gasteiger partial charge in [-0.25, -0.2) is 10.8 Å². The van der Waals surface area contributed by atoms with Crippen molar-refractivity contribution in [2.75, 3.05) is 12.5 Å². The first-order chi connectivity index (χ1) is 9.65. The zero-order valence-corrected chi connectivity index (χ0v) is 13.0. The van der Waals surface area contributed by atoms with Gasteiger partial charge in [0.05, 0.1) is 22.3 Å². The number of hydrogen-bond acceptors (Lipinski definition) is 5. The molecule has 1 heterocycles. The summed E-state index contributed by atoms with van der Waals surface area (Å²) < 4.78 is 11.8. The van der Waals surface area contributed by atoms with Gasteiger partial charge in [-0.05, 0) is 40.2 Å². The number of para-hydroxylation sites is 1. The van der Waals surface area contributed by atoms with Gasteiger partial charge in [0.25, 0.3) is 0 Å². The summed E-state index contributed by atoms with van der Waals surface area (Å²) in [6.07, 6.45) is 0. The minimum atomic E-state index is 0.202. The fraction of sp³-hybridized carbons (Fsp3) is 0.154. The number of benzene rings is 1. The minimum Gasteiger partial charge on any atom is -0.493 e. The summed E-state index contributed by atoms with van der Waals surface area (Å²) >= 11 is 9.50. The number of hydrazine groups is 1. The molecule has 0 bridgehead atoms. The molecule has 0 aliphatic heterocycles. The molecule has 1 aromatic heterocycles. The van der Waals surface area contributed by atoms with E-state index in [2.05, 4.69) is 26.3 Å². The van der Waals surface area contributed by atoms with E-state index in [4.69, 9.17) is 26.9 Å². The Morgan fingerprint density at radius 1 is 1.35 bits per heavy atom.